The Hall–Kier alpha value is -10.7. The summed E-state index contributed by atoms with van der Waals surface area (Å²) < 4.78 is 34.9. The molecule has 0 spiro atoms. The Morgan fingerprint density at radius 1 is 0.736 bits per heavy atom. The van der Waals surface area contributed by atoms with Gasteiger partial charge in [-0.1, -0.05) is 104 Å². The van der Waals surface area contributed by atoms with Crippen molar-refractivity contribution in [2.75, 3.05) is 46.7 Å². The second-order valence-electron chi connectivity index (χ2n) is 28.6. The maximum Gasteiger partial charge on any atom is 0.508 e. The minimum atomic E-state index is -2.00. The predicted octanol–water partition coefficient (Wildman–Crippen LogP) is 3.08. The number of carbonyl (C=O) groups is 17. The fourth-order valence-electron chi connectivity index (χ4n) is 12.2. The number of Topliss-reactive ketones (excluding diaryl/α,β-unsaturated/α-hetero) is 2. The van der Waals surface area contributed by atoms with Crippen molar-refractivity contribution in [2.24, 2.45) is 41.2 Å². The SMILES string of the molecule is C=C1C(=O)N[C@@H](C)C(=O)N(C)[C@@H](C)C(=O)N[C@@H]([C@H](OC(=O)[C@@H](CC(=O)CC)[C@H](OC(=O)OCc2ccc(NC(=O)[C@H](CCCNC(N)=O)CC(=O)[C@@H](NC(=O)CCN3C(=O)CC(C)C3=O)C(C)C)cc2)C(C)C)C(C)C)C(=O)N(C)[C@@H]([C@@H](C)OC)C(=O)O[C@H](C)[C@H](NC(C)=O)C(=O)O[C@H](Cc2ccccc2)C(=O)N1C. The summed E-state index contributed by atoms with van der Waals surface area (Å²) in [6.45, 7) is 22.1. The van der Waals surface area contributed by atoms with E-state index in [0.717, 1.165) is 33.6 Å². The van der Waals surface area contributed by atoms with Gasteiger partial charge in [0.2, 0.25) is 47.3 Å². The van der Waals surface area contributed by atoms with Gasteiger partial charge in [0.1, 0.15) is 60.4 Å². The lowest BCUT2D eigenvalue weighted by molar-refractivity contribution is -0.175. The van der Waals surface area contributed by atoms with E-state index in [-0.39, 0.29) is 63.7 Å². The van der Waals surface area contributed by atoms with Gasteiger partial charge in [0.05, 0.1) is 12.1 Å². The molecule has 2 fully saturated rings. The van der Waals surface area contributed by atoms with Crippen molar-refractivity contribution in [3.63, 3.8) is 0 Å². The molecule has 12 amide bonds. The molecule has 2 aromatic carbocycles. The number of likely N-dealkylation sites (N-methyl/N-ethyl adjacent to an activating group) is 3. The lowest BCUT2D eigenvalue weighted by Gasteiger charge is -2.38. The number of nitrogens with two attached hydrogens (primary N) is 1. The van der Waals surface area contributed by atoms with Gasteiger partial charge in [-0.3, -0.25) is 67.2 Å². The molecule has 2 aliphatic heterocycles. The summed E-state index contributed by atoms with van der Waals surface area (Å²) in [6.07, 6.45) is -10.4. The molecule has 0 bridgehead atoms. The number of ketones is 2. The number of cyclic esters (lactones) is 2. The van der Waals surface area contributed by atoms with Gasteiger partial charge in [-0.2, -0.15) is 0 Å². The topological polar surface area (TPSA) is 457 Å². The highest BCUT2D eigenvalue weighted by atomic mass is 16.7. The van der Waals surface area contributed by atoms with Crippen LogP contribution in [0, 0.1) is 35.5 Å². The number of hydrogen-bond acceptors (Lipinski definition) is 23. The van der Waals surface area contributed by atoms with Crippen LogP contribution in [-0.2, 0) is 113 Å². The molecule has 2 heterocycles. The smallest absolute Gasteiger partial charge is 0.459 e. The number of ether oxygens (including phenoxy) is 6. The number of nitrogens with one attached hydrogen (secondary N) is 6. The fourth-order valence-corrected chi connectivity index (χ4v) is 12.2. The van der Waals surface area contributed by atoms with Crippen LogP contribution in [0.15, 0.2) is 66.9 Å². The first kappa shape index (κ1) is 91.7. The standard InChI is InChI=1S/C76H109N11O23/c1-19-53(89)37-54(63(40(4)5)110-76(104)106-38-50-27-29-52(30-28-50)81-67(95)51(26-23-32-78-75(77)103)36-55(90)59(39(2)3)82-57(91)31-33-87-58(92)34-42(8)68(87)96)72(100)109-64(41(6)7)61-71(99)86(17)62(47(13)105-18)74(102)107-46(12)60(80-48(14)88)73(101)108-56(35-49-24-21-20-22-25-49)70(98)85(16)44(10)65(93)79-43(9)69(97)84(15)45(11)66(94)83-61/h20-22,24-25,27-30,39-43,45-47,51,54,56,59-64H,10,19,23,26,31-38H2,1-9,11-18H3,(H,79,93)(H,80,88)(H,81,95)(H,82,91)(H,83,94)(H3,77,78,103)/t42?,43-,45-,46+,47+,51+,54-,56+,59-,60-,61-,62-,63+,64+/m0/s1. The quantitative estimate of drug-likeness (QED) is 0.0187. The summed E-state index contributed by atoms with van der Waals surface area (Å²) in [6, 6.07) is 3.80. The predicted molar refractivity (Wildman–Crippen MR) is 395 cm³/mol. The molecule has 1 unspecified atom stereocenters. The zero-order valence-corrected chi connectivity index (χ0v) is 65.8. The summed E-state index contributed by atoms with van der Waals surface area (Å²) >= 11 is 0. The summed E-state index contributed by atoms with van der Waals surface area (Å²) in [5.74, 6) is -17.9. The van der Waals surface area contributed by atoms with E-state index in [9.17, 15) is 71.9 Å². The van der Waals surface area contributed by atoms with Crippen LogP contribution in [0.2, 0.25) is 0 Å². The number of amides is 12. The highest BCUT2D eigenvalue weighted by Gasteiger charge is 2.47. The molecule has 110 heavy (non-hydrogen) atoms. The third-order valence-corrected chi connectivity index (χ3v) is 19.0. The number of primary amides is 1. The molecule has 2 saturated heterocycles. The molecule has 34 nitrogen and oxygen atoms in total. The number of anilines is 1. The monoisotopic (exact) mass is 1540 g/mol. The number of imide groups is 1. The van der Waals surface area contributed by atoms with Gasteiger partial charge in [0.25, 0.3) is 11.8 Å². The normalized spacial score (nSPS) is 21.9. The van der Waals surface area contributed by atoms with Gasteiger partial charge >= 0.3 is 30.1 Å². The number of benzene rings is 2. The highest BCUT2D eigenvalue weighted by molar-refractivity contribution is 6.04. The van der Waals surface area contributed by atoms with E-state index < -0.39 is 222 Å². The first-order valence-electron chi connectivity index (χ1n) is 36.6. The summed E-state index contributed by atoms with van der Waals surface area (Å²) in [4.78, 5) is 238. The van der Waals surface area contributed by atoms with E-state index in [1.807, 2.05) is 0 Å². The fraction of sp³-hybridized carbons (Fsp3) is 0.592. The van der Waals surface area contributed by atoms with Crippen molar-refractivity contribution >= 4 is 106 Å². The average Bonchev–Trinajstić information content (AvgIpc) is 1.08. The average molecular weight is 1540 g/mol. The lowest BCUT2D eigenvalue weighted by atomic mass is 9.88. The Morgan fingerprint density at radius 2 is 1.37 bits per heavy atom. The van der Waals surface area contributed by atoms with Crippen LogP contribution in [-0.4, -0.2) is 228 Å². The molecule has 0 aliphatic carbocycles. The highest BCUT2D eigenvalue weighted by Crippen LogP contribution is 2.29. The molecule has 4 rings (SSSR count). The van der Waals surface area contributed by atoms with E-state index in [0.29, 0.717) is 11.1 Å². The largest absolute Gasteiger partial charge is 0.508 e. The number of hydrogen-bond donors (Lipinski definition) is 7. The van der Waals surface area contributed by atoms with Gasteiger partial charge in [0, 0.05) is 104 Å². The van der Waals surface area contributed by atoms with E-state index >= 15 is 9.59 Å². The third-order valence-electron chi connectivity index (χ3n) is 19.0. The van der Waals surface area contributed by atoms with Crippen molar-refractivity contribution in [1.29, 1.82) is 0 Å². The van der Waals surface area contributed by atoms with Gasteiger partial charge in [0.15, 0.2) is 24.0 Å². The Morgan fingerprint density at radius 3 is 1.93 bits per heavy atom. The lowest BCUT2D eigenvalue weighted by Crippen LogP contribution is -2.63. The third kappa shape index (κ3) is 26.6. The number of nitrogens with zero attached hydrogens (tertiary/aromatic N) is 4. The van der Waals surface area contributed by atoms with Crippen molar-refractivity contribution in [1.82, 2.24) is 46.2 Å². The molecular weight excluding hydrogens is 1430 g/mol. The molecule has 0 radical (unpaired) electrons. The van der Waals surface area contributed by atoms with Crippen LogP contribution < -0.4 is 37.6 Å². The second-order valence-corrected chi connectivity index (χ2v) is 28.6. The van der Waals surface area contributed by atoms with Crippen LogP contribution in [0.4, 0.5) is 15.3 Å². The van der Waals surface area contributed by atoms with Crippen LogP contribution in [0.1, 0.15) is 146 Å². The molecule has 606 valence electrons. The van der Waals surface area contributed by atoms with Gasteiger partial charge < -0.3 is 80.8 Å². The van der Waals surface area contributed by atoms with Crippen LogP contribution in [0.5, 0.6) is 0 Å². The second kappa shape index (κ2) is 42.9. The molecule has 14 atom stereocenters. The maximum atomic E-state index is 15.5. The van der Waals surface area contributed by atoms with Crippen molar-refractivity contribution in [3.05, 3.63) is 78.0 Å². The Kier molecular flexibility index (Phi) is 35.8. The zero-order valence-electron chi connectivity index (χ0n) is 65.8. The van der Waals surface area contributed by atoms with E-state index in [2.05, 4.69) is 38.5 Å². The van der Waals surface area contributed by atoms with Gasteiger partial charge in [-0.05, 0) is 81.5 Å². The van der Waals surface area contributed by atoms with Crippen LogP contribution in [0.25, 0.3) is 0 Å². The number of rotatable bonds is 31. The molecule has 2 aliphatic rings. The number of esters is 3. The molecule has 34 heteroatoms. The minimum absolute atomic E-state index is 0.0332. The molecule has 0 saturated carbocycles. The summed E-state index contributed by atoms with van der Waals surface area (Å²) in [5, 5.41) is 15.3. The van der Waals surface area contributed by atoms with Crippen molar-refractivity contribution in [2.45, 2.75) is 215 Å². The molecule has 2 aromatic rings. The van der Waals surface area contributed by atoms with E-state index in [4.69, 9.17) is 34.2 Å². The summed E-state index contributed by atoms with van der Waals surface area (Å²) in [7, 11) is 4.71. The molecule has 8 N–H and O–H groups in total. The maximum absolute atomic E-state index is 15.5. The Balaban J connectivity index is 1.67. The van der Waals surface area contributed by atoms with Gasteiger partial charge in [-0.25, -0.2) is 19.2 Å². The molecular formula is C76H109N11O23. The number of carbonyl (C=O) groups excluding carboxylic acids is 17. The Bertz CT molecular complexity index is 3680. The zero-order chi connectivity index (χ0) is 82.9. The minimum Gasteiger partial charge on any atom is -0.459 e. The van der Waals surface area contributed by atoms with Gasteiger partial charge in [-0.15, -0.1) is 0 Å². The summed E-state index contributed by atoms with van der Waals surface area (Å²) in [5.41, 5.74) is 5.83. The van der Waals surface area contributed by atoms with Crippen LogP contribution in [0.3, 0.4) is 0 Å². The van der Waals surface area contributed by atoms with Crippen molar-refractivity contribution in [3.8, 4) is 0 Å². The van der Waals surface area contributed by atoms with E-state index in [1.165, 1.54) is 93.9 Å². The van der Waals surface area contributed by atoms with Crippen LogP contribution >= 0.6 is 0 Å². The first-order valence-corrected chi connectivity index (χ1v) is 36.6. The number of methoxy groups -OCH3 is 1. The van der Waals surface area contributed by atoms with Crippen molar-refractivity contribution < 1.29 is 110 Å². The number of urea groups is 1. The Labute approximate surface area is 640 Å². The van der Waals surface area contributed by atoms with E-state index in [1.54, 1.807) is 65.0 Å². The first-order chi connectivity index (χ1) is 51.5. The number of likely N-dealkylation sites (tertiary alicyclic amines) is 1. The molecule has 0 aromatic heterocycles.